The number of nitrogens with zero attached hydrogens (tertiary/aromatic N) is 4. The van der Waals surface area contributed by atoms with Gasteiger partial charge in [-0.15, -0.1) is 0 Å². The van der Waals surface area contributed by atoms with Gasteiger partial charge in [-0.3, -0.25) is 9.69 Å². The van der Waals surface area contributed by atoms with Gasteiger partial charge in [0.15, 0.2) is 0 Å². The maximum Gasteiger partial charge on any atom is 0.229 e. The zero-order valence-corrected chi connectivity index (χ0v) is 11.5. The normalized spacial score (nSPS) is 23.4. The van der Waals surface area contributed by atoms with E-state index in [1.165, 1.54) is 6.42 Å². The Hall–Kier alpha value is -1.89. The number of carbonyl (C=O) groups is 1. The van der Waals surface area contributed by atoms with Gasteiger partial charge in [0.2, 0.25) is 11.9 Å². The third-order valence-corrected chi connectivity index (χ3v) is 3.83. The average molecular weight is 276 g/mol. The molecule has 2 saturated heterocycles. The first kappa shape index (κ1) is 13.1. The van der Waals surface area contributed by atoms with Crippen molar-refractivity contribution in [2.24, 2.45) is 5.73 Å². The summed E-state index contributed by atoms with van der Waals surface area (Å²) in [5.41, 5.74) is 11.6. The molecule has 1 aromatic rings. The van der Waals surface area contributed by atoms with E-state index in [1.54, 1.807) is 4.90 Å². The Morgan fingerprint density at radius 2 is 1.85 bits per heavy atom. The number of nitrogens with two attached hydrogens (primary N) is 2. The number of hydrogen-bond acceptors (Lipinski definition) is 6. The van der Waals surface area contributed by atoms with Crippen molar-refractivity contribution in [2.45, 2.75) is 31.7 Å². The number of anilines is 3. The lowest BCUT2D eigenvalue weighted by Crippen LogP contribution is -2.32. The number of amides is 1. The van der Waals surface area contributed by atoms with E-state index in [0.717, 1.165) is 31.7 Å². The molecular weight excluding hydrogens is 256 g/mol. The fourth-order valence-corrected chi connectivity index (χ4v) is 2.82. The van der Waals surface area contributed by atoms with Crippen LogP contribution < -0.4 is 21.3 Å². The van der Waals surface area contributed by atoms with Crippen LogP contribution in [0.5, 0.6) is 0 Å². The second-order valence-electron chi connectivity index (χ2n) is 5.46. The molecule has 108 valence electrons. The number of aromatic nitrogens is 2. The molecular formula is C13H20N6O. The highest BCUT2D eigenvalue weighted by Crippen LogP contribution is 2.25. The Morgan fingerprint density at radius 1 is 1.15 bits per heavy atom. The van der Waals surface area contributed by atoms with Gasteiger partial charge in [0, 0.05) is 38.2 Å². The molecule has 2 aliphatic heterocycles. The lowest BCUT2D eigenvalue weighted by atomic mass is 10.1. The average Bonchev–Trinajstić information content (AvgIpc) is 2.78. The number of hydrogen-bond donors (Lipinski definition) is 2. The van der Waals surface area contributed by atoms with Crippen molar-refractivity contribution in [1.82, 2.24) is 9.97 Å². The number of rotatable bonds is 2. The van der Waals surface area contributed by atoms with Crippen LogP contribution in [0.25, 0.3) is 0 Å². The summed E-state index contributed by atoms with van der Waals surface area (Å²) in [6.07, 6.45) is 3.94. The van der Waals surface area contributed by atoms with E-state index in [9.17, 15) is 4.79 Å². The Kier molecular flexibility index (Phi) is 3.43. The maximum atomic E-state index is 11.9. The van der Waals surface area contributed by atoms with Crippen LogP contribution in [0.1, 0.15) is 25.7 Å². The van der Waals surface area contributed by atoms with Crippen molar-refractivity contribution < 1.29 is 4.79 Å². The highest BCUT2D eigenvalue weighted by molar-refractivity contribution is 5.95. The highest BCUT2D eigenvalue weighted by atomic mass is 16.2. The smallest absolute Gasteiger partial charge is 0.229 e. The second kappa shape index (κ2) is 5.24. The Balaban J connectivity index is 1.88. The van der Waals surface area contributed by atoms with Gasteiger partial charge in [-0.2, -0.15) is 9.97 Å². The van der Waals surface area contributed by atoms with Crippen LogP contribution in [-0.4, -0.2) is 41.6 Å². The van der Waals surface area contributed by atoms with Gasteiger partial charge >= 0.3 is 0 Å². The summed E-state index contributed by atoms with van der Waals surface area (Å²) in [5.74, 6) is 1.58. The number of piperidine rings is 1. The molecule has 1 unspecified atom stereocenters. The molecule has 4 N–H and O–H groups in total. The van der Waals surface area contributed by atoms with Gasteiger partial charge in [-0.25, -0.2) is 0 Å². The first-order valence-electron chi connectivity index (χ1n) is 7.09. The van der Waals surface area contributed by atoms with Gasteiger partial charge in [0.1, 0.15) is 11.6 Å². The standard InChI is InChI=1S/C13H20N6O/c14-9-6-12(20)19(8-9)11-7-10(16-13(15)17-11)18-4-2-1-3-5-18/h7,9H,1-6,8,14H2,(H2,15,16,17). The van der Waals surface area contributed by atoms with E-state index >= 15 is 0 Å². The topological polar surface area (TPSA) is 101 Å². The third-order valence-electron chi connectivity index (χ3n) is 3.83. The lowest BCUT2D eigenvalue weighted by Gasteiger charge is -2.28. The first-order valence-corrected chi connectivity index (χ1v) is 7.09. The van der Waals surface area contributed by atoms with Gasteiger partial charge in [0.05, 0.1) is 0 Å². The summed E-state index contributed by atoms with van der Waals surface area (Å²) in [6.45, 7) is 2.45. The van der Waals surface area contributed by atoms with E-state index in [2.05, 4.69) is 14.9 Å². The van der Waals surface area contributed by atoms with Gasteiger partial charge in [0.25, 0.3) is 0 Å². The molecule has 3 rings (SSSR count). The van der Waals surface area contributed by atoms with Crippen LogP contribution in [0.3, 0.4) is 0 Å². The van der Waals surface area contributed by atoms with Crippen LogP contribution in [0.4, 0.5) is 17.6 Å². The number of nitrogen functional groups attached to an aromatic ring is 1. The Bertz CT molecular complexity index is 514. The zero-order valence-electron chi connectivity index (χ0n) is 11.5. The summed E-state index contributed by atoms with van der Waals surface area (Å²) in [5, 5.41) is 0. The quantitative estimate of drug-likeness (QED) is 0.795. The Morgan fingerprint density at radius 3 is 2.50 bits per heavy atom. The molecule has 7 nitrogen and oxygen atoms in total. The molecule has 7 heteroatoms. The van der Waals surface area contributed by atoms with Crippen LogP contribution in [0.15, 0.2) is 6.07 Å². The van der Waals surface area contributed by atoms with Crippen LogP contribution in [-0.2, 0) is 4.79 Å². The molecule has 2 fully saturated rings. The summed E-state index contributed by atoms with van der Waals surface area (Å²) in [4.78, 5) is 24.2. The molecule has 1 amide bonds. The molecule has 0 aliphatic carbocycles. The molecule has 0 spiro atoms. The molecule has 1 aromatic heterocycles. The van der Waals surface area contributed by atoms with Gasteiger partial charge in [-0.05, 0) is 19.3 Å². The second-order valence-corrected chi connectivity index (χ2v) is 5.46. The molecule has 0 bridgehead atoms. The highest BCUT2D eigenvalue weighted by Gasteiger charge is 2.30. The van der Waals surface area contributed by atoms with Crippen molar-refractivity contribution >= 4 is 23.5 Å². The molecule has 20 heavy (non-hydrogen) atoms. The van der Waals surface area contributed by atoms with Crippen molar-refractivity contribution in [1.29, 1.82) is 0 Å². The lowest BCUT2D eigenvalue weighted by molar-refractivity contribution is -0.117. The summed E-state index contributed by atoms with van der Waals surface area (Å²) in [6, 6.07) is 1.72. The van der Waals surface area contributed by atoms with E-state index in [4.69, 9.17) is 11.5 Å². The van der Waals surface area contributed by atoms with Crippen molar-refractivity contribution in [3.63, 3.8) is 0 Å². The van der Waals surface area contributed by atoms with Crippen LogP contribution >= 0.6 is 0 Å². The minimum Gasteiger partial charge on any atom is -0.368 e. The summed E-state index contributed by atoms with van der Waals surface area (Å²) in [7, 11) is 0. The van der Waals surface area contributed by atoms with E-state index in [-0.39, 0.29) is 17.9 Å². The van der Waals surface area contributed by atoms with E-state index in [0.29, 0.717) is 18.8 Å². The van der Waals surface area contributed by atoms with E-state index in [1.807, 2.05) is 6.07 Å². The molecule has 0 aromatic carbocycles. The monoisotopic (exact) mass is 276 g/mol. The minimum absolute atomic E-state index is 0.000180. The van der Waals surface area contributed by atoms with Crippen molar-refractivity contribution in [2.75, 3.05) is 35.2 Å². The van der Waals surface area contributed by atoms with Gasteiger partial charge in [-0.1, -0.05) is 0 Å². The van der Waals surface area contributed by atoms with Crippen LogP contribution in [0.2, 0.25) is 0 Å². The number of carbonyl (C=O) groups excluding carboxylic acids is 1. The molecule has 0 radical (unpaired) electrons. The van der Waals surface area contributed by atoms with Crippen LogP contribution in [0, 0.1) is 0 Å². The predicted octanol–water partition coefficient (Wildman–Crippen LogP) is 0.113. The Labute approximate surface area is 118 Å². The zero-order chi connectivity index (χ0) is 14.1. The summed E-state index contributed by atoms with van der Waals surface area (Å²) >= 11 is 0. The molecule has 0 saturated carbocycles. The molecule has 2 aliphatic rings. The third kappa shape index (κ3) is 2.53. The molecule has 3 heterocycles. The molecule has 1 atom stereocenters. The van der Waals surface area contributed by atoms with Gasteiger partial charge < -0.3 is 16.4 Å². The van der Waals surface area contributed by atoms with Crippen molar-refractivity contribution in [3.05, 3.63) is 6.07 Å². The first-order chi connectivity index (χ1) is 9.63. The minimum atomic E-state index is -0.128. The van der Waals surface area contributed by atoms with E-state index < -0.39 is 0 Å². The summed E-state index contributed by atoms with van der Waals surface area (Å²) < 4.78 is 0. The predicted molar refractivity (Wildman–Crippen MR) is 77.5 cm³/mol. The largest absolute Gasteiger partial charge is 0.368 e. The maximum absolute atomic E-state index is 11.9. The fraction of sp³-hybridized carbons (Fsp3) is 0.615. The fourth-order valence-electron chi connectivity index (χ4n) is 2.82. The van der Waals surface area contributed by atoms with Crippen molar-refractivity contribution in [3.8, 4) is 0 Å². The SMILES string of the molecule is Nc1nc(N2CCCCC2)cc(N2CC(N)CC2=O)n1.